The van der Waals surface area contributed by atoms with E-state index < -0.39 is 0 Å². The van der Waals surface area contributed by atoms with Crippen molar-refractivity contribution in [3.8, 4) is 0 Å². The van der Waals surface area contributed by atoms with Crippen LogP contribution in [0.2, 0.25) is 4.34 Å². The van der Waals surface area contributed by atoms with Gasteiger partial charge < -0.3 is 10.1 Å². The summed E-state index contributed by atoms with van der Waals surface area (Å²) >= 11 is 7.56. The van der Waals surface area contributed by atoms with E-state index in [4.69, 9.17) is 16.3 Å². The predicted molar refractivity (Wildman–Crippen MR) is 77.6 cm³/mol. The summed E-state index contributed by atoms with van der Waals surface area (Å²) in [6.45, 7) is 9.32. The second-order valence-corrected chi connectivity index (χ2v) is 6.43. The van der Waals surface area contributed by atoms with Gasteiger partial charge in [0.1, 0.15) is 0 Å². The van der Waals surface area contributed by atoms with Crippen LogP contribution in [0, 0.1) is 0 Å². The Kier molecular flexibility index (Phi) is 5.45. The molecule has 1 aromatic heterocycles. The first-order valence-corrected chi connectivity index (χ1v) is 7.71. The van der Waals surface area contributed by atoms with Gasteiger partial charge in [-0.15, -0.1) is 11.3 Å². The molecule has 0 bridgehead atoms. The van der Waals surface area contributed by atoms with Crippen molar-refractivity contribution in [1.29, 1.82) is 0 Å². The van der Waals surface area contributed by atoms with E-state index in [-0.39, 0.29) is 0 Å². The highest BCUT2D eigenvalue weighted by atomic mass is 35.5. The molecule has 1 aromatic rings. The molecule has 1 N–H and O–H groups in total. The van der Waals surface area contributed by atoms with E-state index in [0.29, 0.717) is 12.1 Å². The van der Waals surface area contributed by atoms with Crippen LogP contribution in [-0.2, 0) is 4.74 Å². The first-order valence-electron chi connectivity index (χ1n) is 6.45. The van der Waals surface area contributed by atoms with Gasteiger partial charge in [0.2, 0.25) is 0 Å². The summed E-state index contributed by atoms with van der Waals surface area (Å²) in [6, 6.07) is 2.87. The van der Waals surface area contributed by atoms with Gasteiger partial charge in [0.15, 0.2) is 0 Å². The standard InChI is InChI=1S/C13H21ClN2OS/c1-10(8-16-3-5-17-6-4-16)15-11(2)12-7-13(14)18-9-12/h7,9-11,15H,3-6,8H2,1-2H3. The van der Waals surface area contributed by atoms with Crippen molar-refractivity contribution < 1.29 is 4.74 Å². The van der Waals surface area contributed by atoms with Crippen LogP contribution in [0.15, 0.2) is 11.4 Å². The highest BCUT2D eigenvalue weighted by Crippen LogP contribution is 2.24. The zero-order chi connectivity index (χ0) is 13.0. The van der Waals surface area contributed by atoms with Crippen LogP contribution < -0.4 is 5.32 Å². The van der Waals surface area contributed by atoms with E-state index in [1.54, 1.807) is 11.3 Å². The number of hydrogen-bond donors (Lipinski definition) is 1. The van der Waals surface area contributed by atoms with Crippen LogP contribution in [-0.4, -0.2) is 43.8 Å². The van der Waals surface area contributed by atoms with E-state index in [2.05, 4.69) is 29.4 Å². The minimum absolute atomic E-state index is 0.352. The average molecular weight is 289 g/mol. The molecule has 5 heteroatoms. The first-order chi connectivity index (χ1) is 8.65. The van der Waals surface area contributed by atoms with Crippen molar-refractivity contribution in [1.82, 2.24) is 10.2 Å². The SMILES string of the molecule is CC(CN1CCOCC1)NC(C)c1csc(Cl)c1. The lowest BCUT2D eigenvalue weighted by Crippen LogP contribution is -2.44. The van der Waals surface area contributed by atoms with Gasteiger partial charge in [-0.2, -0.15) is 0 Å². The third-order valence-electron chi connectivity index (χ3n) is 3.26. The van der Waals surface area contributed by atoms with Gasteiger partial charge in [-0.05, 0) is 30.9 Å². The number of nitrogens with zero attached hydrogens (tertiary/aromatic N) is 1. The fourth-order valence-electron chi connectivity index (χ4n) is 2.30. The van der Waals surface area contributed by atoms with Gasteiger partial charge in [-0.25, -0.2) is 0 Å². The molecule has 1 aliphatic rings. The minimum atomic E-state index is 0.352. The summed E-state index contributed by atoms with van der Waals surface area (Å²) in [5.41, 5.74) is 1.28. The minimum Gasteiger partial charge on any atom is -0.379 e. The van der Waals surface area contributed by atoms with Crippen LogP contribution in [0.25, 0.3) is 0 Å². The molecule has 18 heavy (non-hydrogen) atoms. The second-order valence-electron chi connectivity index (χ2n) is 4.89. The number of morpholine rings is 1. The molecule has 2 atom stereocenters. The van der Waals surface area contributed by atoms with Crippen LogP contribution >= 0.6 is 22.9 Å². The normalized spacial score (nSPS) is 20.8. The molecular weight excluding hydrogens is 268 g/mol. The third-order valence-corrected chi connectivity index (χ3v) is 4.37. The molecule has 2 rings (SSSR count). The van der Waals surface area contributed by atoms with Crippen molar-refractivity contribution in [3.05, 3.63) is 21.3 Å². The molecule has 3 nitrogen and oxygen atoms in total. The van der Waals surface area contributed by atoms with E-state index in [0.717, 1.165) is 37.2 Å². The fourth-order valence-corrected chi connectivity index (χ4v) is 3.28. The molecule has 1 saturated heterocycles. The lowest BCUT2D eigenvalue weighted by atomic mass is 10.1. The highest BCUT2D eigenvalue weighted by molar-refractivity contribution is 7.14. The molecule has 102 valence electrons. The van der Waals surface area contributed by atoms with Crippen molar-refractivity contribution in [2.45, 2.75) is 25.9 Å². The summed E-state index contributed by atoms with van der Waals surface area (Å²) in [4.78, 5) is 2.45. The number of nitrogens with one attached hydrogen (secondary N) is 1. The van der Waals surface area contributed by atoms with Crippen LogP contribution in [0.1, 0.15) is 25.5 Å². The Hall–Kier alpha value is -0.130. The molecule has 0 saturated carbocycles. The zero-order valence-electron chi connectivity index (χ0n) is 11.0. The quantitative estimate of drug-likeness (QED) is 0.902. The summed E-state index contributed by atoms with van der Waals surface area (Å²) in [5, 5.41) is 5.75. The molecule has 1 fully saturated rings. The Morgan fingerprint density at radius 1 is 1.44 bits per heavy atom. The number of thiophene rings is 1. The lowest BCUT2D eigenvalue weighted by molar-refractivity contribution is 0.0339. The van der Waals surface area contributed by atoms with Crippen molar-refractivity contribution in [3.63, 3.8) is 0 Å². The summed E-state index contributed by atoms with van der Waals surface area (Å²) < 4.78 is 6.22. The van der Waals surface area contributed by atoms with E-state index >= 15 is 0 Å². The summed E-state index contributed by atoms with van der Waals surface area (Å²) in [5.74, 6) is 0. The molecule has 1 aliphatic heterocycles. The number of ether oxygens (including phenoxy) is 1. The van der Waals surface area contributed by atoms with Gasteiger partial charge in [-0.1, -0.05) is 11.6 Å². The molecule has 2 heterocycles. The molecule has 0 spiro atoms. The Morgan fingerprint density at radius 2 is 2.17 bits per heavy atom. The topological polar surface area (TPSA) is 24.5 Å². The monoisotopic (exact) mass is 288 g/mol. The third kappa shape index (κ3) is 4.21. The Morgan fingerprint density at radius 3 is 2.78 bits per heavy atom. The van der Waals surface area contributed by atoms with E-state index in [9.17, 15) is 0 Å². The van der Waals surface area contributed by atoms with E-state index in [1.165, 1.54) is 5.56 Å². The van der Waals surface area contributed by atoms with Gasteiger partial charge >= 0.3 is 0 Å². The van der Waals surface area contributed by atoms with Gasteiger partial charge in [0, 0.05) is 31.7 Å². The highest BCUT2D eigenvalue weighted by Gasteiger charge is 2.16. The first kappa shape index (κ1) is 14.3. The number of halogens is 1. The molecule has 0 aromatic carbocycles. The maximum atomic E-state index is 5.97. The second kappa shape index (κ2) is 6.87. The maximum absolute atomic E-state index is 5.97. The van der Waals surface area contributed by atoms with Gasteiger partial charge in [0.05, 0.1) is 17.6 Å². The molecule has 2 unspecified atom stereocenters. The number of hydrogen-bond acceptors (Lipinski definition) is 4. The molecule has 0 amide bonds. The van der Waals surface area contributed by atoms with Crippen LogP contribution in [0.5, 0.6) is 0 Å². The van der Waals surface area contributed by atoms with Crippen molar-refractivity contribution >= 4 is 22.9 Å². The van der Waals surface area contributed by atoms with Gasteiger partial charge in [0.25, 0.3) is 0 Å². The Balaban J connectivity index is 1.77. The summed E-state index contributed by atoms with van der Waals surface area (Å²) in [6.07, 6.45) is 0. The molecule has 0 aliphatic carbocycles. The van der Waals surface area contributed by atoms with E-state index in [1.807, 2.05) is 6.07 Å². The largest absolute Gasteiger partial charge is 0.379 e. The van der Waals surface area contributed by atoms with Crippen LogP contribution in [0.3, 0.4) is 0 Å². The zero-order valence-corrected chi connectivity index (χ0v) is 12.6. The lowest BCUT2D eigenvalue weighted by Gasteiger charge is -2.30. The Bertz CT molecular complexity index is 366. The molecule has 0 radical (unpaired) electrons. The number of rotatable bonds is 5. The van der Waals surface area contributed by atoms with Crippen molar-refractivity contribution in [2.75, 3.05) is 32.8 Å². The summed E-state index contributed by atoms with van der Waals surface area (Å²) in [7, 11) is 0. The predicted octanol–water partition coefficient (Wildman–Crippen LogP) is 2.77. The molecular formula is C13H21ClN2OS. The average Bonchev–Trinajstić information content (AvgIpc) is 2.77. The smallest absolute Gasteiger partial charge is 0.0931 e. The van der Waals surface area contributed by atoms with Crippen molar-refractivity contribution in [2.24, 2.45) is 0 Å². The van der Waals surface area contributed by atoms with Crippen LogP contribution in [0.4, 0.5) is 0 Å². The Labute approximate surface area is 118 Å². The van der Waals surface area contributed by atoms with Gasteiger partial charge in [-0.3, -0.25) is 4.90 Å². The fraction of sp³-hybridized carbons (Fsp3) is 0.692. The maximum Gasteiger partial charge on any atom is 0.0931 e.